The normalized spacial score (nSPS) is 16.7. The van der Waals surface area contributed by atoms with E-state index in [0.29, 0.717) is 17.4 Å². The number of carbonyl (C=O) groups is 1. The second kappa shape index (κ2) is 14.3. The van der Waals surface area contributed by atoms with Crippen molar-refractivity contribution in [1.29, 1.82) is 0 Å². The Kier molecular flexibility index (Phi) is 11.1. The smallest absolute Gasteiger partial charge is 0.150 e. The number of thiol groups is 1. The molecule has 1 aliphatic rings. The lowest BCUT2D eigenvalue weighted by atomic mass is 9.98. The fourth-order valence-corrected chi connectivity index (χ4v) is 4.73. The summed E-state index contributed by atoms with van der Waals surface area (Å²) in [5.74, 6) is 2.98. The number of ether oxygens (including phenoxy) is 1. The van der Waals surface area contributed by atoms with Gasteiger partial charge in [-0.3, -0.25) is 4.79 Å². The molecule has 0 saturated heterocycles. The molecule has 4 heteroatoms. The monoisotopic (exact) mass is 479 g/mol. The summed E-state index contributed by atoms with van der Waals surface area (Å²) in [4.78, 5) is 13.9. The van der Waals surface area contributed by atoms with Crippen LogP contribution < -0.4 is 9.64 Å². The van der Waals surface area contributed by atoms with Crippen molar-refractivity contribution in [2.75, 3.05) is 30.3 Å². The summed E-state index contributed by atoms with van der Waals surface area (Å²) in [5, 5.41) is 0. The SMILES string of the molecule is Cc1cccc(CCCC2COc3ccc(C=O)cc3N(CCCC/C=C/C[C@H](C)CS)C2)c1. The molecule has 1 unspecified atom stereocenters. The van der Waals surface area contributed by atoms with Crippen LogP contribution >= 0.6 is 12.6 Å². The highest BCUT2D eigenvalue weighted by Crippen LogP contribution is 2.34. The van der Waals surface area contributed by atoms with Crippen molar-refractivity contribution in [3.63, 3.8) is 0 Å². The van der Waals surface area contributed by atoms with E-state index >= 15 is 0 Å². The van der Waals surface area contributed by atoms with Gasteiger partial charge >= 0.3 is 0 Å². The van der Waals surface area contributed by atoms with Crippen LogP contribution in [-0.2, 0) is 6.42 Å². The molecule has 1 heterocycles. The van der Waals surface area contributed by atoms with E-state index in [4.69, 9.17) is 4.74 Å². The Morgan fingerprint density at radius 2 is 2.03 bits per heavy atom. The van der Waals surface area contributed by atoms with Crippen molar-refractivity contribution in [2.45, 2.75) is 58.8 Å². The van der Waals surface area contributed by atoms with Crippen LogP contribution in [-0.4, -0.2) is 31.7 Å². The van der Waals surface area contributed by atoms with Gasteiger partial charge in [0.25, 0.3) is 0 Å². The predicted octanol–water partition coefficient (Wildman–Crippen LogP) is 7.33. The van der Waals surface area contributed by atoms with Gasteiger partial charge in [-0.1, -0.05) is 48.9 Å². The van der Waals surface area contributed by atoms with Crippen molar-refractivity contribution >= 4 is 24.6 Å². The van der Waals surface area contributed by atoms with Gasteiger partial charge in [-0.2, -0.15) is 12.6 Å². The van der Waals surface area contributed by atoms with Gasteiger partial charge in [0.2, 0.25) is 0 Å². The van der Waals surface area contributed by atoms with Crippen LogP contribution in [0.15, 0.2) is 54.6 Å². The van der Waals surface area contributed by atoms with E-state index in [0.717, 1.165) is 81.7 Å². The summed E-state index contributed by atoms with van der Waals surface area (Å²) in [5.41, 5.74) is 4.53. The second-order valence-corrected chi connectivity index (χ2v) is 10.2. The summed E-state index contributed by atoms with van der Waals surface area (Å²) >= 11 is 4.36. The van der Waals surface area contributed by atoms with Crippen molar-refractivity contribution < 1.29 is 9.53 Å². The molecule has 3 nitrogen and oxygen atoms in total. The lowest BCUT2D eigenvalue weighted by Gasteiger charge is -2.26. The first kappa shape index (κ1) is 26.4. The van der Waals surface area contributed by atoms with Crippen LogP contribution in [0, 0.1) is 18.8 Å². The zero-order chi connectivity index (χ0) is 24.2. The van der Waals surface area contributed by atoms with Crippen LogP contribution in [0.5, 0.6) is 5.75 Å². The summed E-state index contributed by atoms with van der Waals surface area (Å²) in [6.45, 7) is 7.11. The number of unbranched alkanes of at least 4 members (excludes halogenated alkanes) is 2. The molecule has 0 spiro atoms. The maximum absolute atomic E-state index is 11.4. The first-order valence-electron chi connectivity index (χ1n) is 12.9. The fourth-order valence-electron chi connectivity index (χ4n) is 4.58. The second-order valence-electron chi connectivity index (χ2n) is 9.84. The Hall–Kier alpha value is -2.20. The maximum Gasteiger partial charge on any atom is 0.150 e. The summed E-state index contributed by atoms with van der Waals surface area (Å²) in [6.07, 6.45) is 13.5. The Labute approximate surface area is 212 Å². The largest absolute Gasteiger partial charge is 0.491 e. The number of hydrogen-bond acceptors (Lipinski definition) is 4. The Morgan fingerprint density at radius 3 is 2.82 bits per heavy atom. The van der Waals surface area contributed by atoms with E-state index in [-0.39, 0.29) is 0 Å². The average Bonchev–Trinajstić information content (AvgIpc) is 3.02. The number of hydrogen-bond donors (Lipinski definition) is 1. The number of aryl methyl sites for hydroxylation is 2. The lowest BCUT2D eigenvalue weighted by Crippen LogP contribution is -2.30. The molecule has 0 fully saturated rings. The van der Waals surface area contributed by atoms with Crippen LogP contribution in [0.25, 0.3) is 0 Å². The molecule has 0 radical (unpaired) electrons. The molecule has 0 amide bonds. The molecule has 184 valence electrons. The lowest BCUT2D eigenvalue weighted by molar-refractivity contribution is 0.112. The average molecular weight is 480 g/mol. The number of aldehydes is 1. The van der Waals surface area contributed by atoms with E-state index in [1.54, 1.807) is 0 Å². The number of allylic oxidation sites excluding steroid dienone is 2. The maximum atomic E-state index is 11.4. The minimum atomic E-state index is 0.486. The third-order valence-electron chi connectivity index (χ3n) is 6.64. The van der Waals surface area contributed by atoms with E-state index in [1.165, 1.54) is 17.5 Å². The number of fused-ring (bicyclic) bond motifs is 1. The van der Waals surface area contributed by atoms with Crippen molar-refractivity contribution in [1.82, 2.24) is 0 Å². The van der Waals surface area contributed by atoms with Gasteiger partial charge in [0, 0.05) is 24.6 Å². The minimum absolute atomic E-state index is 0.486. The van der Waals surface area contributed by atoms with Gasteiger partial charge in [-0.15, -0.1) is 0 Å². The molecule has 34 heavy (non-hydrogen) atoms. The van der Waals surface area contributed by atoms with Crippen LogP contribution in [0.2, 0.25) is 0 Å². The highest BCUT2D eigenvalue weighted by molar-refractivity contribution is 7.80. The first-order chi connectivity index (χ1) is 16.6. The van der Waals surface area contributed by atoms with Crippen LogP contribution in [0.4, 0.5) is 5.69 Å². The molecule has 3 rings (SSSR count). The molecule has 0 bridgehead atoms. The molecule has 0 N–H and O–H groups in total. The molecular formula is C30H41NO2S. The highest BCUT2D eigenvalue weighted by Gasteiger charge is 2.23. The molecular weight excluding hydrogens is 438 g/mol. The molecule has 0 saturated carbocycles. The van der Waals surface area contributed by atoms with Crippen molar-refractivity contribution in [2.24, 2.45) is 11.8 Å². The molecule has 0 aromatic heterocycles. The van der Waals surface area contributed by atoms with E-state index < -0.39 is 0 Å². The van der Waals surface area contributed by atoms with Gasteiger partial charge in [0.05, 0.1) is 12.3 Å². The van der Waals surface area contributed by atoms with Crippen LogP contribution in [0.3, 0.4) is 0 Å². The van der Waals surface area contributed by atoms with Crippen molar-refractivity contribution in [3.8, 4) is 5.75 Å². The number of anilines is 1. The van der Waals surface area contributed by atoms with E-state index in [2.05, 4.69) is 67.8 Å². The highest BCUT2D eigenvalue weighted by atomic mass is 32.1. The number of benzene rings is 2. The quantitative estimate of drug-likeness (QED) is 0.141. The number of rotatable bonds is 13. The Bertz CT molecular complexity index is 926. The van der Waals surface area contributed by atoms with Gasteiger partial charge in [-0.05, 0) is 87.3 Å². The topological polar surface area (TPSA) is 29.5 Å². The molecule has 1 aliphatic heterocycles. The van der Waals surface area contributed by atoms with Gasteiger partial charge in [0.15, 0.2) is 0 Å². The minimum Gasteiger partial charge on any atom is -0.491 e. The molecule has 2 aromatic rings. The third kappa shape index (κ3) is 8.54. The first-order valence-corrected chi connectivity index (χ1v) is 13.5. The van der Waals surface area contributed by atoms with Crippen LogP contribution in [0.1, 0.15) is 66.9 Å². The fraction of sp³-hybridized carbons (Fsp3) is 0.500. The van der Waals surface area contributed by atoms with E-state index in [9.17, 15) is 4.79 Å². The number of carbonyl (C=O) groups excluding carboxylic acids is 1. The molecule has 2 aromatic carbocycles. The van der Waals surface area contributed by atoms with Gasteiger partial charge in [0.1, 0.15) is 12.0 Å². The summed E-state index contributed by atoms with van der Waals surface area (Å²) in [7, 11) is 0. The molecule has 0 aliphatic carbocycles. The number of nitrogens with zero attached hydrogens (tertiary/aromatic N) is 1. The Balaban J connectivity index is 1.56. The van der Waals surface area contributed by atoms with Crippen molar-refractivity contribution in [3.05, 3.63) is 71.3 Å². The zero-order valence-electron chi connectivity index (χ0n) is 20.9. The molecule has 2 atom stereocenters. The third-order valence-corrected chi connectivity index (χ3v) is 7.26. The van der Waals surface area contributed by atoms with Gasteiger partial charge in [-0.25, -0.2) is 0 Å². The zero-order valence-corrected chi connectivity index (χ0v) is 21.8. The van der Waals surface area contributed by atoms with E-state index in [1.807, 2.05) is 18.2 Å². The standard InChI is InChI=1S/C30H41NO2S/c1-24-11-8-12-26(18-24)13-9-14-28-20-31(17-7-5-3-4-6-10-25(2)23-34)29-19-27(21-32)15-16-30(29)33-22-28/h4,6,8,11-12,15-16,18-19,21,25,28,34H,3,5,7,9-10,13-14,17,20,22-23H2,1-2H3/b6-4+/t25-,28?/m0/s1. The van der Waals surface area contributed by atoms with Gasteiger partial charge < -0.3 is 9.64 Å². The summed E-state index contributed by atoms with van der Waals surface area (Å²) in [6, 6.07) is 14.7. The Morgan fingerprint density at radius 1 is 1.15 bits per heavy atom. The summed E-state index contributed by atoms with van der Waals surface area (Å²) < 4.78 is 6.23. The predicted molar refractivity (Wildman–Crippen MR) is 148 cm³/mol.